The largest absolute Gasteiger partial charge is 0.573 e. The Balaban J connectivity index is 1.20. The molecule has 1 aliphatic rings. The van der Waals surface area contributed by atoms with Gasteiger partial charge in [0.05, 0.1) is 24.2 Å². The Morgan fingerprint density at radius 3 is 2.43 bits per heavy atom. The van der Waals surface area contributed by atoms with E-state index in [1.165, 1.54) is 51.9 Å². The van der Waals surface area contributed by atoms with E-state index in [1.807, 2.05) is 37.3 Å². The Bertz CT molecular complexity index is 1640. The van der Waals surface area contributed by atoms with Crippen molar-refractivity contribution in [3.8, 4) is 28.6 Å². The molecule has 1 saturated heterocycles. The number of anilines is 1. The molecule has 3 aromatic carbocycles. The van der Waals surface area contributed by atoms with Crippen molar-refractivity contribution in [2.45, 2.75) is 26.1 Å². The lowest BCUT2D eigenvalue weighted by molar-refractivity contribution is -0.274. The Hall–Kier alpha value is -4.65. The highest BCUT2D eigenvalue weighted by molar-refractivity contribution is 8.15. The van der Waals surface area contributed by atoms with E-state index in [0.717, 1.165) is 16.7 Å². The average Bonchev–Trinajstić information content (AvgIpc) is 3.59. The van der Waals surface area contributed by atoms with Crippen LogP contribution in [0.4, 0.5) is 18.9 Å². The number of methoxy groups -OCH3 is 1. The molecule has 0 unspecified atom stereocenters. The topological polar surface area (TPSA) is 98.9 Å². The fourth-order valence-corrected chi connectivity index (χ4v) is 5.12. The number of aryl methyl sites for hydroxylation is 2. The molecular formula is C29H24F3N5O4S. The highest BCUT2D eigenvalue weighted by Crippen LogP contribution is 2.32. The minimum atomic E-state index is -4.76. The number of benzene rings is 3. The number of nitrogens with zero attached hydrogens (tertiary/aromatic N) is 5. The van der Waals surface area contributed by atoms with Gasteiger partial charge in [-0.3, -0.25) is 14.5 Å². The summed E-state index contributed by atoms with van der Waals surface area (Å²) in [6.45, 7) is 1.87. The third-order valence-electron chi connectivity index (χ3n) is 6.30. The summed E-state index contributed by atoms with van der Waals surface area (Å²) in [7, 11) is 1.57. The number of thioether (sulfide) groups is 1. The van der Waals surface area contributed by atoms with Crippen LogP contribution in [0.3, 0.4) is 0 Å². The van der Waals surface area contributed by atoms with Crippen LogP contribution in [0.2, 0.25) is 0 Å². The Kier molecular flexibility index (Phi) is 8.29. The summed E-state index contributed by atoms with van der Waals surface area (Å²) in [4.78, 5) is 35.3. The number of ether oxygens (including phenoxy) is 2. The second-order valence-corrected chi connectivity index (χ2v) is 10.2. The highest BCUT2D eigenvalue weighted by atomic mass is 32.2. The first-order chi connectivity index (χ1) is 20.1. The van der Waals surface area contributed by atoms with Gasteiger partial charge in [-0.25, -0.2) is 9.67 Å². The minimum absolute atomic E-state index is 0.140. The van der Waals surface area contributed by atoms with Gasteiger partial charge in [-0.15, -0.1) is 18.3 Å². The summed E-state index contributed by atoms with van der Waals surface area (Å²) >= 11 is 1.23. The summed E-state index contributed by atoms with van der Waals surface area (Å²) in [6.07, 6.45) is -2.69. The van der Waals surface area contributed by atoms with E-state index in [0.29, 0.717) is 34.5 Å². The lowest BCUT2D eigenvalue weighted by Gasteiger charge is -2.18. The molecule has 4 aromatic rings. The maximum Gasteiger partial charge on any atom is 0.573 e. The van der Waals surface area contributed by atoms with Gasteiger partial charge < -0.3 is 9.47 Å². The fraction of sp³-hybridized carbons (Fsp3) is 0.207. The maximum absolute atomic E-state index is 12.7. The van der Waals surface area contributed by atoms with Gasteiger partial charge in [0.2, 0.25) is 11.8 Å². The normalized spacial score (nSPS) is 14.5. The van der Waals surface area contributed by atoms with Gasteiger partial charge in [0, 0.05) is 12.0 Å². The molecule has 0 aliphatic carbocycles. The van der Waals surface area contributed by atoms with Crippen molar-refractivity contribution in [2.75, 3.05) is 17.8 Å². The first-order valence-electron chi connectivity index (χ1n) is 12.7. The third-order valence-corrected chi connectivity index (χ3v) is 7.22. The molecule has 1 fully saturated rings. The molecule has 0 bridgehead atoms. The molecule has 0 spiro atoms. The second kappa shape index (κ2) is 12.1. The maximum atomic E-state index is 12.7. The summed E-state index contributed by atoms with van der Waals surface area (Å²) in [5.41, 5.74) is 3.65. The minimum Gasteiger partial charge on any atom is -0.497 e. The molecule has 5 rings (SSSR count). The van der Waals surface area contributed by atoms with E-state index >= 15 is 0 Å². The van der Waals surface area contributed by atoms with Crippen molar-refractivity contribution in [2.24, 2.45) is 4.99 Å². The molecular weight excluding hydrogens is 571 g/mol. The molecule has 1 aliphatic heterocycles. The van der Waals surface area contributed by atoms with Crippen molar-refractivity contribution < 1.29 is 32.2 Å². The van der Waals surface area contributed by atoms with Crippen molar-refractivity contribution in [1.29, 1.82) is 0 Å². The number of carbonyl (C=O) groups excluding carboxylic acids is 2. The number of aromatic nitrogens is 3. The molecule has 0 N–H and O–H groups in total. The summed E-state index contributed by atoms with van der Waals surface area (Å²) in [6, 6.07) is 18.0. The smallest absolute Gasteiger partial charge is 0.497 e. The van der Waals surface area contributed by atoms with Gasteiger partial charge in [0.1, 0.15) is 17.8 Å². The quantitative estimate of drug-likeness (QED) is 0.256. The number of rotatable bonds is 8. The van der Waals surface area contributed by atoms with Gasteiger partial charge in [0.15, 0.2) is 11.0 Å². The number of hydrogen-bond acceptors (Lipinski definition) is 7. The Morgan fingerprint density at radius 1 is 1.05 bits per heavy atom. The number of carbonyl (C=O) groups is 2. The molecule has 13 heteroatoms. The van der Waals surface area contributed by atoms with Gasteiger partial charge >= 0.3 is 6.36 Å². The van der Waals surface area contributed by atoms with Crippen LogP contribution in [0.5, 0.6) is 11.5 Å². The van der Waals surface area contributed by atoms with Crippen molar-refractivity contribution in [1.82, 2.24) is 14.8 Å². The zero-order valence-electron chi connectivity index (χ0n) is 22.5. The predicted octanol–water partition coefficient (Wildman–Crippen LogP) is 5.75. The van der Waals surface area contributed by atoms with Gasteiger partial charge in [-0.1, -0.05) is 36.0 Å². The molecule has 1 aromatic heterocycles. The number of halogens is 3. The zero-order valence-corrected chi connectivity index (χ0v) is 23.3. The van der Waals surface area contributed by atoms with Gasteiger partial charge in [-0.05, 0) is 66.9 Å². The average molecular weight is 596 g/mol. The van der Waals surface area contributed by atoms with E-state index in [1.54, 1.807) is 19.2 Å². The summed E-state index contributed by atoms with van der Waals surface area (Å²) in [5, 5.41) is 4.76. The van der Waals surface area contributed by atoms with E-state index in [-0.39, 0.29) is 29.7 Å². The van der Waals surface area contributed by atoms with E-state index in [4.69, 9.17) is 4.74 Å². The molecule has 0 radical (unpaired) electrons. The van der Waals surface area contributed by atoms with Crippen LogP contribution in [0.1, 0.15) is 17.5 Å². The van der Waals surface area contributed by atoms with Crippen molar-refractivity contribution >= 4 is 34.4 Å². The monoisotopic (exact) mass is 595 g/mol. The van der Waals surface area contributed by atoms with Crippen LogP contribution < -0.4 is 14.4 Å². The number of amides is 2. The number of alkyl halides is 3. The zero-order chi connectivity index (χ0) is 29.9. The molecule has 2 amide bonds. The second-order valence-electron chi connectivity index (χ2n) is 9.21. The van der Waals surface area contributed by atoms with Crippen LogP contribution in [0.25, 0.3) is 17.1 Å². The fourth-order valence-electron chi connectivity index (χ4n) is 4.24. The van der Waals surface area contributed by atoms with Crippen LogP contribution in [0.15, 0.2) is 78.0 Å². The lowest BCUT2D eigenvalue weighted by Crippen LogP contribution is -2.30. The van der Waals surface area contributed by atoms with Gasteiger partial charge in [0.25, 0.3) is 0 Å². The summed E-state index contributed by atoms with van der Waals surface area (Å²) < 4.78 is 47.7. The van der Waals surface area contributed by atoms with E-state index in [2.05, 4.69) is 19.8 Å². The van der Waals surface area contributed by atoms with Crippen molar-refractivity contribution in [3.05, 3.63) is 84.2 Å². The molecule has 0 atom stereocenters. The molecule has 42 heavy (non-hydrogen) atoms. The molecule has 0 saturated carbocycles. The van der Waals surface area contributed by atoms with Crippen LogP contribution >= 0.6 is 11.8 Å². The first kappa shape index (κ1) is 28.9. The highest BCUT2D eigenvalue weighted by Gasteiger charge is 2.32. The molecule has 9 nitrogen and oxygen atoms in total. The van der Waals surface area contributed by atoms with E-state index in [9.17, 15) is 22.8 Å². The van der Waals surface area contributed by atoms with Gasteiger partial charge in [-0.2, -0.15) is 4.99 Å². The van der Waals surface area contributed by atoms with Crippen LogP contribution in [-0.4, -0.2) is 51.0 Å². The van der Waals surface area contributed by atoms with E-state index < -0.39 is 6.36 Å². The third kappa shape index (κ3) is 6.79. The summed E-state index contributed by atoms with van der Waals surface area (Å²) in [5.74, 6) is 0.510. The molecule has 2 heterocycles. The van der Waals surface area contributed by atoms with Crippen LogP contribution in [0, 0.1) is 6.92 Å². The number of amidine groups is 1. The number of hydrogen-bond donors (Lipinski definition) is 0. The Labute approximate surface area is 243 Å². The van der Waals surface area contributed by atoms with Crippen molar-refractivity contribution in [3.63, 3.8) is 0 Å². The first-order valence-corrected chi connectivity index (χ1v) is 13.7. The van der Waals surface area contributed by atoms with Crippen LogP contribution in [-0.2, 0) is 16.0 Å². The standard InChI is InChI=1S/C29H24F3N5O4S/c1-18-15-23(40-2)12-13-24(18)37-26(39)16-42-28(37)34-25(38)14-5-19-3-6-20(7-4-19)27-33-17-36(35-27)21-8-10-22(11-9-21)41-29(30,31)32/h3-4,6-13,15,17H,5,14,16H2,1-2H3. The lowest BCUT2D eigenvalue weighted by atomic mass is 10.1. The number of aliphatic imine (C=N–C) groups is 1. The predicted molar refractivity (Wildman–Crippen MR) is 152 cm³/mol. The molecule has 216 valence electrons. The SMILES string of the molecule is COc1ccc(N2C(=O)CSC2=NC(=O)CCc2ccc(-c3ncn(-c4ccc(OC(F)(F)F)cc4)n3)cc2)c(C)c1. The Morgan fingerprint density at radius 2 is 1.76 bits per heavy atom.